The highest BCUT2D eigenvalue weighted by molar-refractivity contribution is 5.28. The van der Waals surface area contributed by atoms with E-state index in [2.05, 4.69) is 5.32 Å². The fourth-order valence-electron chi connectivity index (χ4n) is 2.23. The number of hydrogen-bond acceptors (Lipinski definition) is 3. The first-order chi connectivity index (χ1) is 7.81. The molecule has 1 saturated heterocycles. The molecule has 0 radical (unpaired) electrons. The van der Waals surface area contributed by atoms with Crippen LogP contribution in [0, 0.1) is 5.92 Å². The normalized spacial score (nSPS) is 19.4. The van der Waals surface area contributed by atoms with Crippen LogP contribution in [0.5, 0.6) is 5.75 Å². The maximum absolute atomic E-state index is 10.2. The van der Waals surface area contributed by atoms with Gasteiger partial charge in [0.15, 0.2) is 0 Å². The van der Waals surface area contributed by atoms with Crippen LogP contribution >= 0.6 is 0 Å². The van der Waals surface area contributed by atoms with Gasteiger partial charge >= 0.3 is 0 Å². The van der Waals surface area contributed by atoms with Gasteiger partial charge in [-0.3, -0.25) is 0 Å². The van der Waals surface area contributed by atoms with E-state index < -0.39 is 0 Å². The number of methoxy groups -OCH3 is 1. The van der Waals surface area contributed by atoms with E-state index in [0.717, 1.165) is 37.2 Å². The number of nitrogens with one attached hydrogen (secondary N) is 1. The average molecular weight is 221 g/mol. The molecule has 0 saturated carbocycles. The lowest BCUT2D eigenvalue weighted by Gasteiger charge is -2.27. The zero-order chi connectivity index (χ0) is 11.4. The molecule has 1 unspecified atom stereocenters. The Labute approximate surface area is 96.4 Å². The van der Waals surface area contributed by atoms with Gasteiger partial charge in [0, 0.05) is 0 Å². The molecule has 1 heterocycles. The standard InChI is InChI=1S/C13H19NO2/c1-16-12-4-2-10(3-5-12)13(15)11-6-8-14-9-7-11/h2-5,11,13-15H,6-9H2,1H3. The topological polar surface area (TPSA) is 41.5 Å². The van der Waals surface area contributed by atoms with Crippen LogP contribution in [0.1, 0.15) is 24.5 Å². The van der Waals surface area contributed by atoms with E-state index in [9.17, 15) is 5.11 Å². The zero-order valence-corrected chi connectivity index (χ0v) is 9.65. The largest absolute Gasteiger partial charge is 0.497 e. The monoisotopic (exact) mass is 221 g/mol. The van der Waals surface area contributed by atoms with Crippen molar-refractivity contribution in [2.45, 2.75) is 18.9 Å². The Morgan fingerprint density at radius 1 is 1.25 bits per heavy atom. The Balaban J connectivity index is 2.04. The molecular formula is C13H19NO2. The molecule has 2 rings (SSSR count). The third-order valence-electron chi connectivity index (χ3n) is 3.29. The Morgan fingerprint density at radius 2 is 1.88 bits per heavy atom. The smallest absolute Gasteiger partial charge is 0.118 e. The molecule has 0 aliphatic carbocycles. The van der Waals surface area contributed by atoms with E-state index in [0.29, 0.717) is 5.92 Å². The van der Waals surface area contributed by atoms with Crippen molar-refractivity contribution >= 4 is 0 Å². The Morgan fingerprint density at radius 3 is 2.44 bits per heavy atom. The SMILES string of the molecule is COc1ccc(C(O)C2CCNCC2)cc1. The maximum atomic E-state index is 10.2. The minimum atomic E-state index is -0.340. The lowest BCUT2D eigenvalue weighted by atomic mass is 9.88. The minimum absolute atomic E-state index is 0.340. The van der Waals surface area contributed by atoms with E-state index >= 15 is 0 Å². The fraction of sp³-hybridized carbons (Fsp3) is 0.538. The molecule has 3 heteroatoms. The van der Waals surface area contributed by atoms with E-state index in [1.54, 1.807) is 7.11 Å². The summed E-state index contributed by atoms with van der Waals surface area (Å²) in [6.07, 6.45) is 1.76. The lowest BCUT2D eigenvalue weighted by Crippen LogP contribution is -2.30. The molecule has 1 fully saturated rings. The molecule has 1 aliphatic rings. The van der Waals surface area contributed by atoms with Crippen LogP contribution in [0.2, 0.25) is 0 Å². The first-order valence-corrected chi connectivity index (χ1v) is 5.84. The maximum Gasteiger partial charge on any atom is 0.118 e. The zero-order valence-electron chi connectivity index (χ0n) is 9.65. The van der Waals surface area contributed by atoms with Crippen LogP contribution in [-0.2, 0) is 0 Å². The second kappa shape index (κ2) is 5.32. The Hall–Kier alpha value is -1.06. The van der Waals surface area contributed by atoms with Gasteiger partial charge in [-0.2, -0.15) is 0 Å². The van der Waals surface area contributed by atoms with Gasteiger partial charge in [-0.05, 0) is 49.5 Å². The molecule has 2 N–H and O–H groups in total. The van der Waals surface area contributed by atoms with Crippen LogP contribution in [0.25, 0.3) is 0 Å². The third-order valence-corrected chi connectivity index (χ3v) is 3.29. The highest BCUT2D eigenvalue weighted by Gasteiger charge is 2.22. The second-order valence-corrected chi connectivity index (χ2v) is 4.31. The molecule has 16 heavy (non-hydrogen) atoms. The number of benzene rings is 1. The fourth-order valence-corrected chi connectivity index (χ4v) is 2.23. The van der Waals surface area contributed by atoms with Crippen molar-refractivity contribution in [2.24, 2.45) is 5.92 Å². The van der Waals surface area contributed by atoms with Crippen molar-refractivity contribution in [2.75, 3.05) is 20.2 Å². The summed E-state index contributed by atoms with van der Waals surface area (Å²) >= 11 is 0. The summed E-state index contributed by atoms with van der Waals surface area (Å²) in [4.78, 5) is 0. The summed E-state index contributed by atoms with van der Waals surface area (Å²) in [5.41, 5.74) is 0.993. The molecule has 1 atom stereocenters. The third kappa shape index (κ3) is 2.54. The number of piperidine rings is 1. The molecule has 0 amide bonds. The van der Waals surface area contributed by atoms with Gasteiger partial charge in [0.2, 0.25) is 0 Å². The molecule has 3 nitrogen and oxygen atoms in total. The van der Waals surface area contributed by atoms with Gasteiger partial charge in [0.1, 0.15) is 5.75 Å². The van der Waals surface area contributed by atoms with Gasteiger partial charge in [0.25, 0.3) is 0 Å². The van der Waals surface area contributed by atoms with Crippen molar-refractivity contribution in [3.05, 3.63) is 29.8 Å². The molecule has 1 aliphatic heterocycles. The van der Waals surface area contributed by atoms with Crippen LogP contribution in [0.3, 0.4) is 0 Å². The number of aliphatic hydroxyl groups is 1. The Kier molecular flexibility index (Phi) is 3.80. The summed E-state index contributed by atoms with van der Waals surface area (Å²) in [6.45, 7) is 2.02. The van der Waals surface area contributed by atoms with Crippen LogP contribution in [0.4, 0.5) is 0 Å². The van der Waals surface area contributed by atoms with Gasteiger partial charge < -0.3 is 15.2 Å². The van der Waals surface area contributed by atoms with Gasteiger partial charge in [-0.15, -0.1) is 0 Å². The highest BCUT2D eigenvalue weighted by Crippen LogP contribution is 2.29. The summed E-state index contributed by atoms with van der Waals surface area (Å²) < 4.78 is 5.10. The first kappa shape index (κ1) is 11.4. The second-order valence-electron chi connectivity index (χ2n) is 4.31. The van der Waals surface area contributed by atoms with E-state index in [-0.39, 0.29) is 6.10 Å². The van der Waals surface area contributed by atoms with Crippen molar-refractivity contribution in [1.29, 1.82) is 0 Å². The molecule has 1 aromatic rings. The number of hydrogen-bond donors (Lipinski definition) is 2. The van der Waals surface area contributed by atoms with Crippen molar-refractivity contribution < 1.29 is 9.84 Å². The molecular weight excluding hydrogens is 202 g/mol. The van der Waals surface area contributed by atoms with Gasteiger partial charge in [-0.25, -0.2) is 0 Å². The summed E-state index contributed by atoms with van der Waals surface area (Å²) in [6, 6.07) is 7.70. The first-order valence-electron chi connectivity index (χ1n) is 5.84. The molecule has 0 aromatic heterocycles. The van der Waals surface area contributed by atoms with E-state index in [1.165, 1.54) is 0 Å². The van der Waals surface area contributed by atoms with E-state index in [1.807, 2.05) is 24.3 Å². The molecule has 88 valence electrons. The summed E-state index contributed by atoms with van der Waals surface area (Å²) in [5.74, 6) is 1.22. The lowest BCUT2D eigenvalue weighted by molar-refractivity contribution is 0.0889. The number of ether oxygens (including phenoxy) is 1. The van der Waals surface area contributed by atoms with E-state index in [4.69, 9.17) is 4.74 Å². The summed E-state index contributed by atoms with van der Waals surface area (Å²) in [7, 11) is 1.65. The molecule has 0 spiro atoms. The van der Waals surface area contributed by atoms with Crippen LogP contribution in [-0.4, -0.2) is 25.3 Å². The predicted octanol–water partition coefficient (Wildman–Crippen LogP) is 1.73. The predicted molar refractivity (Wildman–Crippen MR) is 63.5 cm³/mol. The quantitative estimate of drug-likeness (QED) is 0.816. The molecule has 1 aromatic carbocycles. The Bertz CT molecular complexity index is 317. The van der Waals surface area contributed by atoms with Crippen LogP contribution < -0.4 is 10.1 Å². The van der Waals surface area contributed by atoms with Crippen molar-refractivity contribution in [3.8, 4) is 5.75 Å². The average Bonchev–Trinajstić information content (AvgIpc) is 2.39. The van der Waals surface area contributed by atoms with Crippen molar-refractivity contribution in [3.63, 3.8) is 0 Å². The highest BCUT2D eigenvalue weighted by atomic mass is 16.5. The number of aliphatic hydroxyl groups excluding tert-OH is 1. The van der Waals surface area contributed by atoms with Crippen LogP contribution in [0.15, 0.2) is 24.3 Å². The molecule has 0 bridgehead atoms. The van der Waals surface area contributed by atoms with Gasteiger partial charge in [0.05, 0.1) is 13.2 Å². The van der Waals surface area contributed by atoms with Gasteiger partial charge in [-0.1, -0.05) is 12.1 Å². The summed E-state index contributed by atoms with van der Waals surface area (Å²) in [5, 5.41) is 13.5. The minimum Gasteiger partial charge on any atom is -0.497 e. The van der Waals surface area contributed by atoms with Crippen molar-refractivity contribution in [1.82, 2.24) is 5.32 Å². The number of rotatable bonds is 3.